The molecule has 2 aromatic carbocycles. The topological polar surface area (TPSA) is 86.9 Å². The van der Waals surface area contributed by atoms with E-state index in [1.807, 2.05) is 81.2 Å². The predicted octanol–water partition coefficient (Wildman–Crippen LogP) is 4.24. The number of rotatable bonds is 7. The van der Waals surface area contributed by atoms with Gasteiger partial charge in [0.05, 0.1) is 18.4 Å². The first kappa shape index (κ1) is 22.6. The van der Waals surface area contributed by atoms with Crippen LogP contribution in [-0.4, -0.2) is 43.3 Å². The van der Waals surface area contributed by atoms with Crippen LogP contribution in [0.15, 0.2) is 53.8 Å². The van der Waals surface area contributed by atoms with Crippen molar-refractivity contribution in [1.29, 1.82) is 0 Å². The van der Waals surface area contributed by atoms with Gasteiger partial charge in [-0.05, 0) is 49.2 Å². The highest BCUT2D eigenvalue weighted by Crippen LogP contribution is 2.32. The lowest BCUT2D eigenvalue weighted by Crippen LogP contribution is -2.14. The molecule has 0 unspecified atom stereocenters. The van der Waals surface area contributed by atoms with E-state index in [0.717, 1.165) is 33.8 Å². The SMILES string of the molecule is COc1cccc(-c2nn(C)cc2-c2nnc(SCC(=O)Nc3ccc(C)c(C)c3)n2C)c1. The van der Waals surface area contributed by atoms with E-state index >= 15 is 0 Å². The Labute approximate surface area is 197 Å². The van der Waals surface area contributed by atoms with Gasteiger partial charge in [-0.2, -0.15) is 5.10 Å². The summed E-state index contributed by atoms with van der Waals surface area (Å²) in [5.74, 6) is 1.58. The second-order valence-electron chi connectivity index (χ2n) is 7.80. The molecule has 0 saturated carbocycles. The average Bonchev–Trinajstić information content (AvgIpc) is 3.36. The van der Waals surface area contributed by atoms with Gasteiger partial charge in [-0.3, -0.25) is 9.48 Å². The van der Waals surface area contributed by atoms with Gasteiger partial charge in [-0.25, -0.2) is 0 Å². The Hall–Kier alpha value is -3.59. The highest BCUT2D eigenvalue weighted by Gasteiger charge is 2.20. The van der Waals surface area contributed by atoms with Gasteiger partial charge in [0.25, 0.3) is 0 Å². The number of methoxy groups -OCH3 is 1. The van der Waals surface area contributed by atoms with Crippen molar-refractivity contribution in [3.05, 3.63) is 59.8 Å². The van der Waals surface area contributed by atoms with E-state index in [1.54, 1.807) is 11.8 Å². The van der Waals surface area contributed by atoms with Crippen molar-refractivity contribution < 1.29 is 9.53 Å². The van der Waals surface area contributed by atoms with Gasteiger partial charge in [0.1, 0.15) is 11.4 Å². The number of aryl methyl sites for hydroxylation is 3. The largest absolute Gasteiger partial charge is 0.497 e. The maximum Gasteiger partial charge on any atom is 0.234 e. The molecule has 2 heterocycles. The molecule has 0 fully saturated rings. The van der Waals surface area contributed by atoms with Crippen LogP contribution >= 0.6 is 11.8 Å². The van der Waals surface area contributed by atoms with Crippen LogP contribution in [0.5, 0.6) is 5.75 Å². The average molecular weight is 463 g/mol. The number of ether oxygens (including phenoxy) is 1. The van der Waals surface area contributed by atoms with Crippen LogP contribution in [0.3, 0.4) is 0 Å². The minimum Gasteiger partial charge on any atom is -0.497 e. The molecule has 33 heavy (non-hydrogen) atoms. The first-order chi connectivity index (χ1) is 15.9. The summed E-state index contributed by atoms with van der Waals surface area (Å²) in [5.41, 5.74) is 5.69. The van der Waals surface area contributed by atoms with Crippen molar-refractivity contribution in [3.8, 4) is 28.4 Å². The van der Waals surface area contributed by atoms with Crippen molar-refractivity contribution in [2.45, 2.75) is 19.0 Å². The second kappa shape index (κ2) is 9.50. The first-order valence-electron chi connectivity index (χ1n) is 10.4. The maximum atomic E-state index is 12.5. The monoisotopic (exact) mass is 462 g/mol. The Kier molecular flexibility index (Phi) is 6.50. The molecule has 0 aliphatic rings. The molecule has 0 aliphatic heterocycles. The first-order valence-corrected chi connectivity index (χ1v) is 11.4. The zero-order chi connectivity index (χ0) is 23.5. The number of hydrogen-bond donors (Lipinski definition) is 1. The van der Waals surface area contributed by atoms with Crippen LogP contribution in [0.1, 0.15) is 11.1 Å². The summed E-state index contributed by atoms with van der Waals surface area (Å²) in [6.07, 6.45) is 1.92. The Morgan fingerprint density at radius 3 is 2.67 bits per heavy atom. The predicted molar refractivity (Wildman–Crippen MR) is 130 cm³/mol. The van der Waals surface area contributed by atoms with E-state index in [2.05, 4.69) is 20.6 Å². The normalized spacial score (nSPS) is 10.9. The lowest BCUT2D eigenvalue weighted by molar-refractivity contribution is -0.113. The summed E-state index contributed by atoms with van der Waals surface area (Å²) < 4.78 is 8.99. The maximum absolute atomic E-state index is 12.5. The summed E-state index contributed by atoms with van der Waals surface area (Å²) >= 11 is 1.34. The van der Waals surface area contributed by atoms with E-state index in [1.165, 1.54) is 17.3 Å². The van der Waals surface area contributed by atoms with Crippen LogP contribution in [0.2, 0.25) is 0 Å². The molecular formula is C24H26N6O2S. The molecule has 9 heteroatoms. The van der Waals surface area contributed by atoms with Crippen LogP contribution in [0.4, 0.5) is 5.69 Å². The number of anilines is 1. The molecule has 0 saturated heterocycles. The standard InChI is InChI=1S/C24H26N6O2S/c1-15-9-10-18(11-16(15)2)25-21(31)14-33-24-27-26-23(30(24)4)20-13-29(3)28-22(20)17-7-6-8-19(12-17)32-5/h6-13H,14H2,1-5H3,(H,25,31). The summed E-state index contributed by atoms with van der Waals surface area (Å²) in [6.45, 7) is 4.07. The summed E-state index contributed by atoms with van der Waals surface area (Å²) in [6, 6.07) is 13.6. The Morgan fingerprint density at radius 2 is 1.91 bits per heavy atom. The van der Waals surface area contributed by atoms with E-state index < -0.39 is 0 Å². The summed E-state index contributed by atoms with van der Waals surface area (Å²) in [5, 5.41) is 16.9. The minimum atomic E-state index is -0.0914. The van der Waals surface area contributed by atoms with Crippen LogP contribution in [0, 0.1) is 13.8 Å². The lowest BCUT2D eigenvalue weighted by Gasteiger charge is -2.08. The molecule has 1 N–H and O–H groups in total. The van der Waals surface area contributed by atoms with Crippen molar-refractivity contribution in [1.82, 2.24) is 24.5 Å². The quantitative estimate of drug-likeness (QED) is 0.414. The smallest absolute Gasteiger partial charge is 0.234 e. The van der Waals surface area contributed by atoms with Gasteiger partial charge in [0.2, 0.25) is 5.91 Å². The zero-order valence-corrected chi connectivity index (χ0v) is 20.1. The number of carbonyl (C=O) groups excluding carboxylic acids is 1. The Bertz CT molecular complexity index is 1310. The number of hydrogen-bond acceptors (Lipinski definition) is 6. The zero-order valence-electron chi connectivity index (χ0n) is 19.3. The van der Waals surface area contributed by atoms with Gasteiger partial charge < -0.3 is 14.6 Å². The van der Waals surface area contributed by atoms with Crippen molar-refractivity contribution in [2.75, 3.05) is 18.2 Å². The Balaban J connectivity index is 1.51. The Morgan fingerprint density at radius 1 is 1.09 bits per heavy atom. The molecule has 0 atom stereocenters. The molecule has 170 valence electrons. The fourth-order valence-electron chi connectivity index (χ4n) is 3.46. The molecule has 0 spiro atoms. The molecule has 1 amide bonds. The molecule has 0 aliphatic carbocycles. The van der Waals surface area contributed by atoms with Crippen LogP contribution in [-0.2, 0) is 18.9 Å². The highest BCUT2D eigenvalue weighted by molar-refractivity contribution is 7.99. The highest BCUT2D eigenvalue weighted by atomic mass is 32.2. The summed E-state index contributed by atoms with van der Waals surface area (Å²) in [7, 11) is 5.40. The number of thioether (sulfide) groups is 1. The molecule has 4 rings (SSSR count). The summed E-state index contributed by atoms with van der Waals surface area (Å²) in [4.78, 5) is 12.5. The van der Waals surface area contributed by atoms with Crippen LogP contribution < -0.4 is 10.1 Å². The number of aromatic nitrogens is 5. The minimum absolute atomic E-state index is 0.0914. The molecule has 0 bridgehead atoms. The van der Waals surface area contributed by atoms with E-state index in [4.69, 9.17) is 4.74 Å². The van der Waals surface area contributed by atoms with Crippen molar-refractivity contribution in [3.63, 3.8) is 0 Å². The molecule has 0 radical (unpaired) electrons. The van der Waals surface area contributed by atoms with Gasteiger partial charge >= 0.3 is 0 Å². The number of amides is 1. The lowest BCUT2D eigenvalue weighted by atomic mass is 10.1. The van der Waals surface area contributed by atoms with Gasteiger partial charge in [-0.1, -0.05) is 30.0 Å². The van der Waals surface area contributed by atoms with Gasteiger partial charge in [0.15, 0.2) is 11.0 Å². The number of nitrogens with zero attached hydrogens (tertiary/aromatic N) is 5. The number of benzene rings is 2. The third-order valence-corrected chi connectivity index (χ3v) is 6.39. The van der Waals surface area contributed by atoms with E-state index in [0.29, 0.717) is 11.0 Å². The number of nitrogens with one attached hydrogen (secondary N) is 1. The van der Waals surface area contributed by atoms with Crippen molar-refractivity contribution in [2.24, 2.45) is 14.1 Å². The number of carbonyl (C=O) groups is 1. The molecule has 4 aromatic rings. The van der Waals surface area contributed by atoms with Gasteiger partial charge in [-0.15, -0.1) is 10.2 Å². The molecule has 8 nitrogen and oxygen atoms in total. The van der Waals surface area contributed by atoms with Crippen molar-refractivity contribution >= 4 is 23.4 Å². The third-order valence-electron chi connectivity index (χ3n) is 5.37. The van der Waals surface area contributed by atoms with E-state index in [-0.39, 0.29) is 11.7 Å². The van der Waals surface area contributed by atoms with Crippen LogP contribution in [0.25, 0.3) is 22.6 Å². The fourth-order valence-corrected chi connectivity index (χ4v) is 4.17. The third kappa shape index (κ3) is 4.93. The van der Waals surface area contributed by atoms with E-state index in [9.17, 15) is 4.79 Å². The second-order valence-corrected chi connectivity index (χ2v) is 8.74. The fraction of sp³-hybridized carbons (Fsp3) is 0.250. The van der Waals surface area contributed by atoms with Gasteiger partial charge in [0, 0.05) is 31.5 Å². The molecular weight excluding hydrogens is 436 g/mol. The molecule has 2 aromatic heterocycles.